The van der Waals surface area contributed by atoms with Crippen molar-refractivity contribution in [1.82, 2.24) is 10.2 Å². The lowest BCUT2D eigenvalue weighted by Gasteiger charge is -2.33. The molecule has 1 aliphatic heterocycles. The molecule has 1 fully saturated rings. The van der Waals surface area contributed by atoms with Crippen LogP contribution in [0.4, 0.5) is 0 Å². The Morgan fingerprint density at radius 1 is 1.33 bits per heavy atom. The summed E-state index contributed by atoms with van der Waals surface area (Å²) in [6.45, 7) is 11.9. The number of likely N-dealkylation sites (tertiary alicyclic amines) is 1. The molecule has 1 aliphatic rings. The third kappa shape index (κ3) is 5.53. The molecule has 2 heteroatoms. The number of nitrogens with zero attached hydrogens (tertiary/aromatic N) is 1. The van der Waals surface area contributed by atoms with Crippen LogP contribution in [-0.2, 0) is 0 Å². The first-order valence-corrected chi connectivity index (χ1v) is 6.65. The lowest BCUT2D eigenvalue weighted by molar-refractivity contribution is 0.159. The molecule has 0 aliphatic carbocycles. The Bertz CT molecular complexity index is 157. The average Bonchev–Trinajstić information content (AvgIpc) is 2.20. The van der Waals surface area contributed by atoms with Crippen molar-refractivity contribution in [3.8, 4) is 0 Å². The Morgan fingerprint density at radius 3 is 2.80 bits per heavy atom. The number of hydrogen-bond acceptors (Lipinski definition) is 2. The molecule has 1 N–H and O–H groups in total. The van der Waals surface area contributed by atoms with Gasteiger partial charge in [-0.25, -0.2) is 0 Å². The van der Waals surface area contributed by atoms with E-state index < -0.39 is 0 Å². The first-order valence-electron chi connectivity index (χ1n) is 6.65. The minimum atomic E-state index is 0.777. The van der Waals surface area contributed by atoms with E-state index in [9.17, 15) is 0 Å². The molecule has 0 bridgehead atoms. The molecule has 0 amide bonds. The zero-order valence-electron chi connectivity index (χ0n) is 10.8. The zero-order chi connectivity index (χ0) is 11.1. The van der Waals surface area contributed by atoms with Gasteiger partial charge in [0.05, 0.1) is 0 Å². The van der Waals surface area contributed by atoms with Crippen LogP contribution >= 0.6 is 0 Å². The Balaban J connectivity index is 1.99. The second kappa shape index (κ2) is 7.24. The summed E-state index contributed by atoms with van der Waals surface area (Å²) in [4.78, 5) is 2.65. The van der Waals surface area contributed by atoms with Crippen molar-refractivity contribution in [1.29, 1.82) is 0 Å². The summed E-state index contributed by atoms with van der Waals surface area (Å²) in [6.07, 6.45) is 5.55. The first-order chi connectivity index (χ1) is 7.20. The largest absolute Gasteiger partial charge is 0.316 e. The van der Waals surface area contributed by atoms with Crippen LogP contribution in [0.3, 0.4) is 0 Å². The van der Waals surface area contributed by atoms with Gasteiger partial charge in [0.2, 0.25) is 0 Å². The smallest absolute Gasteiger partial charge is 0.00669 e. The van der Waals surface area contributed by atoms with Gasteiger partial charge in [-0.3, -0.25) is 0 Å². The Morgan fingerprint density at radius 2 is 2.13 bits per heavy atom. The first kappa shape index (κ1) is 13.0. The van der Waals surface area contributed by atoms with Crippen molar-refractivity contribution in [2.75, 3.05) is 26.2 Å². The molecule has 0 radical (unpaired) electrons. The van der Waals surface area contributed by atoms with Gasteiger partial charge in [0.15, 0.2) is 0 Å². The molecule has 0 aromatic carbocycles. The molecule has 0 saturated carbocycles. The molecule has 0 aromatic rings. The van der Waals surface area contributed by atoms with Crippen molar-refractivity contribution in [2.45, 2.75) is 52.5 Å². The quantitative estimate of drug-likeness (QED) is 0.681. The summed E-state index contributed by atoms with van der Waals surface area (Å²) >= 11 is 0. The second-order valence-corrected chi connectivity index (χ2v) is 5.33. The third-order valence-electron chi connectivity index (χ3n) is 3.29. The standard InChI is InChI=1S/C13H28N2/c1-12(2)11-14-8-6-10-15-9-5-4-7-13(15)3/h12-14H,4-11H2,1-3H3. The Kier molecular flexibility index (Phi) is 6.26. The third-order valence-corrected chi connectivity index (χ3v) is 3.29. The van der Waals surface area contributed by atoms with Crippen LogP contribution in [0.1, 0.15) is 46.5 Å². The SMILES string of the molecule is CC(C)CNCCCN1CCCCC1C. The molecule has 0 aromatic heterocycles. The summed E-state index contributed by atoms with van der Waals surface area (Å²) in [5, 5.41) is 3.51. The molecule has 1 atom stereocenters. The van der Waals surface area contributed by atoms with Crippen LogP contribution in [-0.4, -0.2) is 37.1 Å². The molecular weight excluding hydrogens is 184 g/mol. The van der Waals surface area contributed by atoms with E-state index in [1.807, 2.05) is 0 Å². The molecule has 0 spiro atoms. The summed E-state index contributed by atoms with van der Waals surface area (Å²) < 4.78 is 0. The van der Waals surface area contributed by atoms with Gasteiger partial charge in [-0.1, -0.05) is 20.3 Å². The van der Waals surface area contributed by atoms with Gasteiger partial charge < -0.3 is 10.2 Å². The van der Waals surface area contributed by atoms with Crippen LogP contribution in [0, 0.1) is 5.92 Å². The summed E-state index contributed by atoms with van der Waals surface area (Å²) in [5.74, 6) is 0.777. The summed E-state index contributed by atoms with van der Waals surface area (Å²) in [7, 11) is 0. The predicted molar refractivity (Wildman–Crippen MR) is 67.2 cm³/mol. The fraction of sp³-hybridized carbons (Fsp3) is 1.00. The van der Waals surface area contributed by atoms with E-state index >= 15 is 0 Å². The number of nitrogens with one attached hydrogen (secondary N) is 1. The molecule has 1 unspecified atom stereocenters. The lowest BCUT2D eigenvalue weighted by atomic mass is 10.0. The van der Waals surface area contributed by atoms with Gasteiger partial charge in [-0.05, 0) is 58.3 Å². The normalized spacial score (nSPS) is 23.6. The van der Waals surface area contributed by atoms with E-state index in [1.54, 1.807) is 0 Å². The van der Waals surface area contributed by atoms with E-state index in [4.69, 9.17) is 0 Å². The lowest BCUT2D eigenvalue weighted by Crippen LogP contribution is -2.39. The summed E-state index contributed by atoms with van der Waals surface area (Å²) in [5.41, 5.74) is 0. The van der Waals surface area contributed by atoms with Crippen molar-refractivity contribution < 1.29 is 0 Å². The van der Waals surface area contributed by atoms with Gasteiger partial charge in [-0.2, -0.15) is 0 Å². The number of hydrogen-bond donors (Lipinski definition) is 1. The topological polar surface area (TPSA) is 15.3 Å². The summed E-state index contributed by atoms with van der Waals surface area (Å²) in [6, 6.07) is 0.823. The molecular formula is C13H28N2. The van der Waals surface area contributed by atoms with Crippen LogP contribution in [0.2, 0.25) is 0 Å². The fourth-order valence-corrected chi connectivity index (χ4v) is 2.29. The minimum Gasteiger partial charge on any atom is -0.316 e. The highest BCUT2D eigenvalue weighted by molar-refractivity contribution is 4.72. The maximum absolute atomic E-state index is 3.51. The molecule has 1 heterocycles. The average molecular weight is 212 g/mol. The van der Waals surface area contributed by atoms with Crippen molar-refractivity contribution >= 4 is 0 Å². The van der Waals surface area contributed by atoms with Gasteiger partial charge >= 0.3 is 0 Å². The van der Waals surface area contributed by atoms with Crippen molar-refractivity contribution in [2.24, 2.45) is 5.92 Å². The van der Waals surface area contributed by atoms with E-state index in [2.05, 4.69) is 31.0 Å². The zero-order valence-corrected chi connectivity index (χ0v) is 10.8. The van der Waals surface area contributed by atoms with Gasteiger partial charge in [0.25, 0.3) is 0 Å². The highest BCUT2D eigenvalue weighted by Gasteiger charge is 2.16. The van der Waals surface area contributed by atoms with E-state index in [0.717, 1.165) is 18.5 Å². The van der Waals surface area contributed by atoms with E-state index in [-0.39, 0.29) is 0 Å². The second-order valence-electron chi connectivity index (χ2n) is 5.33. The highest BCUT2D eigenvalue weighted by Crippen LogP contribution is 2.15. The van der Waals surface area contributed by atoms with Crippen LogP contribution in [0.25, 0.3) is 0 Å². The molecule has 1 rings (SSSR count). The van der Waals surface area contributed by atoms with Crippen LogP contribution < -0.4 is 5.32 Å². The Labute approximate surface area is 95.4 Å². The molecule has 1 saturated heterocycles. The van der Waals surface area contributed by atoms with Gasteiger partial charge in [-0.15, -0.1) is 0 Å². The maximum atomic E-state index is 3.51. The Hall–Kier alpha value is -0.0800. The molecule has 2 nitrogen and oxygen atoms in total. The minimum absolute atomic E-state index is 0.777. The van der Waals surface area contributed by atoms with Crippen molar-refractivity contribution in [3.63, 3.8) is 0 Å². The van der Waals surface area contributed by atoms with Gasteiger partial charge in [0.1, 0.15) is 0 Å². The fourth-order valence-electron chi connectivity index (χ4n) is 2.29. The maximum Gasteiger partial charge on any atom is 0.00669 e. The predicted octanol–water partition coefficient (Wildman–Crippen LogP) is 2.50. The molecule has 90 valence electrons. The van der Waals surface area contributed by atoms with Gasteiger partial charge in [0, 0.05) is 6.04 Å². The van der Waals surface area contributed by atoms with Crippen LogP contribution in [0.15, 0.2) is 0 Å². The number of piperidine rings is 1. The van der Waals surface area contributed by atoms with E-state index in [0.29, 0.717) is 0 Å². The molecule has 15 heavy (non-hydrogen) atoms. The van der Waals surface area contributed by atoms with Crippen LogP contribution in [0.5, 0.6) is 0 Å². The van der Waals surface area contributed by atoms with E-state index in [1.165, 1.54) is 45.3 Å². The van der Waals surface area contributed by atoms with Crippen molar-refractivity contribution in [3.05, 3.63) is 0 Å². The number of rotatable bonds is 6. The monoisotopic (exact) mass is 212 g/mol. The highest BCUT2D eigenvalue weighted by atomic mass is 15.2.